The predicted octanol–water partition coefficient (Wildman–Crippen LogP) is 1.77. The maximum Gasteiger partial charge on any atom is 0.252 e. The highest BCUT2D eigenvalue weighted by Gasteiger charge is 2.13. The van der Waals surface area contributed by atoms with Crippen LogP contribution in [-0.2, 0) is 6.54 Å². The van der Waals surface area contributed by atoms with E-state index in [1.165, 1.54) is 12.4 Å². The van der Waals surface area contributed by atoms with Gasteiger partial charge in [0.15, 0.2) is 0 Å². The predicted molar refractivity (Wildman–Crippen MR) is 77.0 cm³/mol. The molecule has 0 atom stereocenters. The van der Waals surface area contributed by atoms with Crippen molar-refractivity contribution >= 4 is 11.5 Å². The summed E-state index contributed by atoms with van der Waals surface area (Å²) in [4.78, 5) is 20.2. The van der Waals surface area contributed by atoms with Gasteiger partial charge in [0.1, 0.15) is 5.82 Å². The van der Waals surface area contributed by atoms with Crippen LogP contribution in [0.5, 0.6) is 0 Å². The molecule has 100 valence electrons. The van der Waals surface area contributed by atoms with Crippen LogP contribution in [0, 0.1) is 0 Å². The molecule has 1 aromatic heterocycles. The van der Waals surface area contributed by atoms with Gasteiger partial charge in [-0.1, -0.05) is 12.1 Å². The first kappa shape index (κ1) is 13.1. The maximum atomic E-state index is 11.4. The normalized spacial score (nSPS) is 10.7. The fourth-order valence-corrected chi connectivity index (χ4v) is 1.93. The Bertz CT molecular complexity index is 606. The van der Waals surface area contributed by atoms with Crippen molar-refractivity contribution in [1.82, 2.24) is 9.97 Å². The topological polar surface area (TPSA) is 75.0 Å². The molecular formula is C14H18N4O. The van der Waals surface area contributed by atoms with Crippen LogP contribution in [0.15, 0.2) is 41.5 Å². The number of hydrogen-bond acceptors (Lipinski definition) is 4. The molecule has 19 heavy (non-hydrogen) atoms. The van der Waals surface area contributed by atoms with E-state index in [0.717, 1.165) is 11.3 Å². The van der Waals surface area contributed by atoms with E-state index in [9.17, 15) is 4.79 Å². The van der Waals surface area contributed by atoms with Crippen molar-refractivity contribution < 1.29 is 0 Å². The van der Waals surface area contributed by atoms with Crippen LogP contribution in [0.25, 0.3) is 0 Å². The molecule has 0 saturated heterocycles. The van der Waals surface area contributed by atoms with E-state index in [1.807, 2.05) is 24.3 Å². The van der Waals surface area contributed by atoms with E-state index in [1.54, 1.807) is 0 Å². The molecule has 2 rings (SSSR count). The summed E-state index contributed by atoms with van der Waals surface area (Å²) in [6.07, 6.45) is 1.42. The summed E-state index contributed by atoms with van der Waals surface area (Å²) >= 11 is 0. The van der Waals surface area contributed by atoms with Gasteiger partial charge in [-0.05, 0) is 31.5 Å². The lowest BCUT2D eigenvalue weighted by molar-refractivity contribution is 0.670. The summed E-state index contributed by atoms with van der Waals surface area (Å²) in [5, 5.41) is 0. The summed E-state index contributed by atoms with van der Waals surface area (Å²) < 4.78 is 0. The zero-order valence-corrected chi connectivity index (χ0v) is 11.1. The average Bonchev–Trinajstić information content (AvgIpc) is 2.35. The minimum Gasteiger partial charge on any atom is -0.399 e. The van der Waals surface area contributed by atoms with E-state index in [2.05, 4.69) is 28.7 Å². The maximum absolute atomic E-state index is 11.4. The zero-order chi connectivity index (χ0) is 13.8. The van der Waals surface area contributed by atoms with Crippen molar-refractivity contribution in [1.29, 1.82) is 0 Å². The van der Waals surface area contributed by atoms with Crippen LogP contribution < -0.4 is 16.2 Å². The minimum atomic E-state index is -0.150. The van der Waals surface area contributed by atoms with Gasteiger partial charge in [-0.3, -0.25) is 4.79 Å². The standard InChI is InChI=1S/C14H18N4O/c1-10(2)18(13-7-14(19)17-9-16-13)8-11-4-3-5-12(15)6-11/h3-7,9-10H,8,15H2,1-2H3,(H,16,17,19). The van der Waals surface area contributed by atoms with Crippen LogP contribution in [0.4, 0.5) is 11.5 Å². The third-order valence-electron chi connectivity index (χ3n) is 2.89. The Hall–Kier alpha value is -2.30. The number of nitrogens with zero attached hydrogens (tertiary/aromatic N) is 2. The number of aromatic nitrogens is 2. The van der Waals surface area contributed by atoms with Crippen molar-refractivity contribution in [3.8, 4) is 0 Å². The molecule has 1 aromatic carbocycles. The van der Waals surface area contributed by atoms with Crippen LogP contribution in [0.3, 0.4) is 0 Å². The Morgan fingerprint density at radius 1 is 1.37 bits per heavy atom. The van der Waals surface area contributed by atoms with Gasteiger partial charge in [0.25, 0.3) is 5.56 Å². The smallest absolute Gasteiger partial charge is 0.252 e. The first-order valence-electron chi connectivity index (χ1n) is 6.22. The Balaban J connectivity index is 2.29. The molecule has 0 amide bonds. The number of nitrogen functional groups attached to an aromatic ring is 1. The van der Waals surface area contributed by atoms with E-state index >= 15 is 0 Å². The van der Waals surface area contributed by atoms with E-state index < -0.39 is 0 Å². The number of hydrogen-bond donors (Lipinski definition) is 2. The molecule has 5 heteroatoms. The van der Waals surface area contributed by atoms with Crippen LogP contribution in [0.1, 0.15) is 19.4 Å². The fraction of sp³-hybridized carbons (Fsp3) is 0.286. The van der Waals surface area contributed by atoms with E-state index in [0.29, 0.717) is 12.4 Å². The van der Waals surface area contributed by atoms with E-state index in [4.69, 9.17) is 5.73 Å². The molecule has 0 fully saturated rings. The lowest BCUT2D eigenvalue weighted by atomic mass is 10.1. The molecule has 0 spiro atoms. The molecule has 0 saturated carbocycles. The second-order valence-electron chi connectivity index (χ2n) is 4.74. The Labute approximate surface area is 112 Å². The van der Waals surface area contributed by atoms with Crippen molar-refractivity contribution in [3.05, 3.63) is 52.6 Å². The van der Waals surface area contributed by atoms with Gasteiger partial charge in [0, 0.05) is 24.3 Å². The highest BCUT2D eigenvalue weighted by atomic mass is 16.1. The molecule has 1 heterocycles. The monoisotopic (exact) mass is 258 g/mol. The molecule has 0 bridgehead atoms. The SMILES string of the molecule is CC(C)N(Cc1cccc(N)c1)c1cc(=O)[nH]cn1. The number of anilines is 2. The van der Waals surface area contributed by atoms with Gasteiger partial charge in [-0.25, -0.2) is 4.98 Å². The Morgan fingerprint density at radius 2 is 2.16 bits per heavy atom. The summed E-state index contributed by atoms with van der Waals surface area (Å²) in [6.45, 7) is 4.80. The third kappa shape index (κ3) is 3.34. The minimum absolute atomic E-state index is 0.150. The first-order valence-corrected chi connectivity index (χ1v) is 6.22. The molecule has 0 aliphatic carbocycles. The highest BCUT2D eigenvalue weighted by Crippen LogP contribution is 2.17. The summed E-state index contributed by atoms with van der Waals surface area (Å²) in [5.74, 6) is 0.668. The van der Waals surface area contributed by atoms with Gasteiger partial charge in [0.05, 0.1) is 6.33 Å². The molecular weight excluding hydrogens is 240 g/mol. The summed E-state index contributed by atoms with van der Waals surface area (Å²) in [7, 11) is 0. The fourth-order valence-electron chi connectivity index (χ4n) is 1.93. The average molecular weight is 258 g/mol. The molecule has 0 aliphatic heterocycles. The van der Waals surface area contributed by atoms with Gasteiger partial charge in [-0.2, -0.15) is 0 Å². The summed E-state index contributed by atoms with van der Waals surface area (Å²) in [5.41, 5.74) is 7.46. The molecule has 3 N–H and O–H groups in total. The molecule has 0 aliphatic rings. The number of nitrogens with two attached hydrogens (primary N) is 1. The molecule has 2 aromatic rings. The Morgan fingerprint density at radius 3 is 2.79 bits per heavy atom. The second kappa shape index (κ2) is 5.56. The number of nitrogens with one attached hydrogen (secondary N) is 1. The van der Waals surface area contributed by atoms with Crippen molar-refractivity contribution in [2.45, 2.75) is 26.4 Å². The first-order chi connectivity index (χ1) is 9.06. The van der Waals surface area contributed by atoms with Gasteiger partial charge < -0.3 is 15.6 Å². The number of H-pyrrole nitrogens is 1. The lowest BCUT2D eigenvalue weighted by Crippen LogP contribution is -2.31. The molecule has 0 radical (unpaired) electrons. The molecule has 0 unspecified atom stereocenters. The van der Waals surface area contributed by atoms with Crippen LogP contribution >= 0.6 is 0 Å². The van der Waals surface area contributed by atoms with Crippen LogP contribution in [-0.4, -0.2) is 16.0 Å². The quantitative estimate of drug-likeness (QED) is 0.819. The number of rotatable bonds is 4. The lowest BCUT2D eigenvalue weighted by Gasteiger charge is -2.27. The van der Waals surface area contributed by atoms with Gasteiger partial charge in [0.2, 0.25) is 0 Å². The molecule has 5 nitrogen and oxygen atoms in total. The highest BCUT2D eigenvalue weighted by molar-refractivity contribution is 5.44. The Kier molecular flexibility index (Phi) is 3.85. The third-order valence-corrected chi connectivity index (χ3v) is 2.89. The largest absolute Gasteiger partial charge is 0.399 e. The van der Waals surface area contributed by atoms with Crippen molar-refractivity contribution in [2.24, 2.45) is 0 Å². The zero-order valence-electron chi connectivity index (χ0n) is 11.1. The summed E-state index contributed by atoms with van der Waals surface area (Å²) in [6, 6.07) is 9.47. The van der Waals surface area contributed by atoms with Gasteiger partial charge >= 0.3 is 0 Å². The number of benzene rings is 1. The van der Waals surface area contributed by atoms with Crippen LogP contribution in [0.2, 0.25) is 0 Å². The second-order valence-corrected chi connectivity index (χ2v) is 4.74. The van der Waals surface area contributed by atoms with Crippen molar-refractivity contribution in [2.75, 3.05) is 10.6 Å². The number of aromatic amines is 1. The van der Waals surface area contributed by atoms with Gasteiger partial charge in [-0.15, -0.1) is 0 Å². The van der Waals surface area contributed by atoms with Crippen molar-refractivity contribution in [3.63, 3.8) is 0 Å². The van der Waals surface area contributed by atoms with E-state index in [-0.39, 0.29) is 11.6 Å².